The molecule has 0 fully saturated rings. The predicted molar refractivity (Wildman–Crippen MR) is 113 cm³/mol. The average Bonchev–Trinajstić information content (AvgIpc) is 2.70. The van der Waals surface area contributed by atoms with Crippen LogP contribution in [0.3, 0.4) is 0 Å². The molecule has 0 saturated carbocycles. The largest absolute Gasteiger partial charge is 3.00 e. The minimum absolute atomic E-state index is 0. The molecule has 0 atom stereocenters. The molecule has 0 amide bonds. The number of carbonyl (C=O) groups excluding carboxylic acids is 1. The summed E-state index contributed by atoms with van der Waals surface area (Å²) in [6.07, 6.45) is 0.722. The van der Waals surface area contributed by atoms with Crippen LogP contribution in [-0.2, 0) is 4.79 Å². The molecule has 4 rings (SSSR count). The molecule has 0 radical (unpaired) electrons. The van der Waals surface area contributed by atoms with E-state index in [4.69, 9.17) is 9.90 Å². The van der Waals surface area contributed by atoms with Gasteiger partial charge in [0.05, 0.1) is 17.0 Å². The Labute approximate surface area is 187 Å². The zero-order valence-corrected chi connectivity index (χ0v) is 19.1. The zero-order valence-electron chi connectivity index (χ0n) is 16.7. The molecule has 0 aliphatic heterocycles. The van der Waals surface area contributed by atoms with E-state index in [9.17, 15) is 10.2 Å². The number of aromatic nitrogens is 2. The number of fused-ring (bicyclic) bond motifs is 2. The van der Waals surface area contributed by atoms with Gasteiger partial charge in [0.2, 0.25) is 0 Å². The van der Waals surface area contributed by atoms with Gasteiger partial charge in [-0.05, 0) is 42.8 Å². The maximum absolute atomic E-state index is 11.3. The first-order valence-electron chi connectivity index (χ1n) is 8.72. The van der Waals surface area contributed by atoms with E-state index in [1.165, 1.54) is 12.1 Å². The number of carboxylic acids is 1. The van der Waals surface area contributed by atoms with E-state index in [2.05, 4.69) is 16.5 Å². The number of pyridine rings is 2. The van der Waals surface area contributed by atoms with Crippen molar-refractivity contribution in [2.45, 2.75) is 13.8 Å². The number of nitrogens with zero attached hydrogens (tertiary/aromatic N) is 2. The molecule has 2 aromatic heterocycles. The van der Waals surface area contributed by atoms with E-state index in [1.54, 1.807) is 12.1 Å². The molecule has 0 bridgehead atoms. The van der Waals surface area contributed by atoms with E-state index in [0.29, 0.717) is 11.0 Å². The maximum atomic E-state index is 11.3. The van der Waals surface area contributed by atoms with Gasteiger partial charge in [0.1, 0.15) is 0 Å². The zero-order chi connectivity index (χ0) is 21.4. The SMILES string of the molecule is C=CC(=O)[O-].Cc1ccc2cccc([O-])c2n1.Cc1ccc2cccc([O-])c2n1.[Ga+3]. The van der Waals surface area contributed by atoms with Crippen LogP contribution in [0.5, 0.6) is 11.5 Å². The van der Waals surface area contributed by atoms with Crippen molar-refractivity contribution in [3.63, 3.8) is 0 Å². The van der Waals surface area contributed by atoms with Crippen molar-refractivity contribution in [2.24, 2.45) is 0 Å². The molecule has 2 aromatic carbocycles. The summed E-state index contributed by atoms with van der Waals surface area (Å²) in [5.74, 6) is -1.24. The summed E-state index contributed by atoms with van der Waals surface area (Å²) < 4.78 is 0. The number of hydrogen-bond acceptors (Lipinski definition) is 6. The van der Waals surface area contributed by atoms with Crippen LogP contribution in [0, 0.1) is 13.8 Å². The Bertz CT molecular complexity index is 1080. The Morgan fingerprint density at radius 3 is 1.50 bits per heavy atom. The number of rotatable bonds is 1. The van der Waals surface area contributed by atoms with Crippen LogP contribution in [0.25, 0.3) is 21.8 Å². The van der Waals surface area contributed by atoms with Gasteiger partial charge in [0.25, 0.3) is 0 Å². The molecule has 2 heterocycles. The molecule has 0 saturated heterocycles. The van der Waals surface area contributed by atoms with Gasteiger partial charge in [-0.1, -0.05) is 66.6 Å². The molecule has 0 N–H and O–H groups in total. The van der Waals surface area contributed by atoms with Crippen LogP contribution in [-0.4, -0.2) is 35.7 Å². The summed E-state index contributed by atoms with van der Waals surface area (Å²) in [5.41, 5.74) is 2.90. The van der Waals surface area contributed by atoms with Crippen LogP contribution in [0.4, 0.5) is 0 Å². The second-order valence-corrected chi connectivity index (χ2v) is 6.08. The van der Waals surface area contributed by atoms with Crippen molar-refractivity contribution < 1.29 is 20.1 Å². The fourth-order valence-corrected chi connectivity index (χ4v) is 2.43. The number of hydrogen-bond donors (Lipinski definition) is 0. The van der Waals surface area contributed by atoms with Crippen LogP contribution in [0.15, 0.2) is 73.3 Å². The first-order chi connectivity index (χ1) is 13.8. The molecular formula is C23H19GaN2O4. The van der Waals surface area contributed by atoms with Crippen molar-refractivity contribution >= 4 is 47.6 Å². The molecule has 6 nitrogen and oxygen atoms in total. The quantitative estimate of drug-likeness (QED) is 0.318. The van der Waals surface area contributed by atoms with Crippen molar-refractivity contribution in [2.75, 3.05) is 0 Å². The van der Waals surface area contributed by atoms with Gasteiger partial charge in [-0.3, -0.25) is 9.97 Å². The fourth-order valence-electron chi connectivity index (χ4n) is 2.43. The number of benzene rings is 2. The third kappa shape index (κ3) is 6.95. The minimum Gasteiger partial charge on any atom is -0.871 e. The Morgan fingerprint density at radius 2 is 1.17 bits per heavy atom. The first kappa shape index (κ1) is 24.7. The molecule has 0 aliphatic rings. The van der Waals surface area contributed by atoms with E-state index < -0.39 is 5.97 Å². The number of aryl methyl sites for hydroxylation is 2. The summed E-state index contributed by atoms with van der Waals surface area (Å²) in [6, 6.07) is 18.0. The standard InChI is InChI=1S/2C10H9NO.C3H4O2.Ga/c2*1-7-5-6-8-3-2-4-9(12)10(8)11-7;1-2-3(4)5;/h2*2-6,12H,1H3;2H,1H2,(H,4,5);/q;;;+3/p-3. The van der Waals surface area contributed by atoms with Gasteiger partial charge >= 0.3 is 19.8 Å². The molecule has 0 spiro atoms. The Balaban J connectivity index is 0.000000241. The fraction of sp³-hybridized carbons (Fsp3) is 0.0870. The van der Waals surface area contributed by atoms with Gasteiger partial charge < -0.3 is 20.1 Å². The Hall–Kier alpha value is -3.29. The summed E-state index contributed by atoms with van der Waals surface area (Å²) >= 11 is 0. The Morgan fingerprint density at radius 1 is 0.800 bits per heavy atom. The van der Waals surface area contributed by atoms with Gasteiger partial charge in [-0.25, -0.2) is 0 Å². The molecular weight excluding hydrogens is 438 g/mol. The predicted octanol–water partition coefficient (Wildman–Crippen LogP) is 1.78. The van der Waals surface area contributed by atoms with Crippen LogP contribution >= 0.6 is 0 Å². The maximum Gasteiger partial charge on any atom is 3.00 e. The number of carboxylic acid groups (broad SMARTS) is 1. The first-order valence-corrected chi connectivity index (χ1v) is 8.72. The third-order valence-electron chi connectivity index (χ3n) is 3.81. The van der Waals surface area contributed by atoms with E-state index in [0.717, 1.165) is 28.2 Å². The summed E-state index contributed by atoms with van der Waals surface area (Å²) in [5, 5.41) is 33.5. The van der Waals surface area contributed by atoms with Crippen molar-refractivity contribution in [1.82, 2.24) is 9.97 Å². The third-order valence-corrected chi connectivity index (χ3v) is 3.81. The van der Waals surface area contributed by atoms with Gasteiger partial charge in [0.15, 0.2) is 0 Å². The number of aliphatic carboxylic acids is 1. The van der Waals surface area contributed by atoms with Gasteiger partial charge in [-0.2, -0.15) is 0 Å². The van der Waals surface area contributed by atoms with E-state index in [-0.39, 0.29) is 31.3 Å². The Kier molecular flexibility index (Phi) is 9.61. The second kappa shape index (κ2) is 11.6. The molecule has 148 valence electrons. The van der Waals surface area contributed by atoms with Crippen LogP contribution in [0.2, 0.25) is 0 Å². The molecule has 0 unspecified atom stereocenters. The van der Waals surface area contributed by atoms with Gasteiger partial charge in [-0.15, -0.1) is 0 Å². The molecule has 30 heavy (non-hydrogen) atoms. The van der Waals surface area contributed by atoms with Gasteiger partial charge in [0, 0.05) is 11.4 Å². The molecule has 7 heteroatoms. The molecule has 0 aliphatic carbocycles. The van der Waals surface area contributed by atoms with Crippen molar-refractivity contribution in [3.8, 4) is 11.5 Å². The van der Waals surface area contributed by atoms with Crippen LogP contribution in [0.1, 0.15) is 11.4 Å². The van der Waals surface area contributed by atoms with E-state index >= 15 is 0 Å². The summed E-state index contributed by atoms with van der Waals surface area (Å²) in [7, 11) is 0. The monoisotopic (exact) mass is 456 g/mol. The van der Waals surface area contributed by atoms with Crippen LogP contribution < -0.4 is 15.3 Å². The van der Waals surface area contributed by atoms with Crippen molar-refractivity contribution in [3.05, 3.63) is 84.7 Å². The number of carbonyl (C=O) groups is 1. The smallest absolute Gasteiger partial charge is 0.871 e. The number of para-hydroxylation sites is 2. The van der Waals surface area contributed by atoms with Crippen molar-refractivity contribution in [1.29, 1.82) is 0 Å². The second-order valence-electron chi connectivity index (χ2n) is 6.08. The van der Waals surface area contributed by atoms with E-state index in [1.807, 2.05) is 50.2 Å². The topological polar surface area (TPSA) is 112 Å². The summed E-state index contributed by atoms with van der Waals surface area (Å²) in [4.78, 5) is 17.5. The minimum atomic E-state index is -1.23. The summed E-state index contributed by atoms with van der Waals surface area (Å²) in [6.45, 7) is 6.66. The average molecular weight is 457 g/mol. The normalized spacial score (nSPS) is 9.40. The molecule has 4 aromatic rings.